The maximum atomic E-state index is 11.8. The van der Waals surface area contributed by atoms with E-state index in [0.717, 1.165) is 16.6 Å². The molecule has 1 N–H and O–H groups in total. The minimum Gasteiger partial charge on any atom is -0.352 e. The van der Waals surface area contributed by atoms with E-state index >= 15 is 0 Å². The summed E-state index contributed by atoms with van der Waals surface area (Å²) in [6, 6.07) is 13.1. The first-order chi connectivity index (χ1) is 8.75. The average molecular weight is 305 g/mol. The highest BCUT2D eigenvalue weighted by Gasteiger charge is 2.04. The van der Waals surface area contributed by atoms with Crippen LogP contribution in [0.4, 0.5) is 0 Å². The number of rotatable bonds is 4. The summed E-state index contributed by atoms with van der Waals surface area (Å²) in [5, 5.41) is 2.87. The molecule has 18 heavy (non-hydrogen) atoms. The van der Waals surface area contributed by atoms with Crippen LogP contribution in [0.25, 0.3) is 0 Å². The van der Waals surface area contributed by atoms with Gasteiger partial charge in [0.25, 0.3) is 5.91 Å². The van der Waals surface area contributed by atoms with Gasteiger partial charge in [-0.15, -0.1) is 0 Å². The molecule has 2 aromatic rings. The van der Waals surface area contributed by atoms with Crippen LogP contribution in [-0.4, -0.2) is 17.4 Å². The van der Waals surface area contributed by atoms with Gasteiger partial charge in [-0.25, -0.2) is 0 Å². The van der Waals surface area contributed by atoms with Gasteiger partial charge in [0.15, 0.2) is 0 Å². The summed E-state index contributed by atoms with van der Waals surface area (Å²) < 4.78 is 0.965. The van der Waals surface area contributed by atoms with Gasteiger partial charge in [-0.2, -0.15) is 0 Å². The molecule has 0 aliphatic heterocycles. The van der Waals surface area contributed by atoms with Crippen LogP contribution in [0.15, 0.2) is 53.1 Å². The smallest absolute Gasteiger partial charge is 0.251 e. The quantitative estimate of drug-likeness (QED) is 0.944. The molecular formula is C14H13BrN2O. The van der Waals surface area contributed by atoms with Crippen LogP contribution in [0.5, 0.6) is 0 Å². The zero-order valence-corrected chi connectivity index (χ0v) is 11.4. The van der Waals surface area contributed by atoms with Crippen molar-refractivity contribution in [2.75, 3.05) is 6.54 Å². The van der Waals surface area contributed by atoms with Crippen LogP contribution in [0.1, 0.15) is 16.1 Å². The summed E-state index contributed by atoms with van der Waals surface area (Å²) in [5.74, 6) is -0.0570. The van der Waals surface area contributed by atoms with Crippen molar-refractivity contribution in [2.45, 2.75) is 6.42 Å². The molecule has 0 unspecified atom stereocenters. The van der Waals surface area contributed by atoms with Crippen LogP contribution >= 0.6 is 15.9 Å². The van der Waals surface area contributed by atoms with E-state index in [1.54, 1.807) is 18.3 Å². The van der Waals surface area contributed by atoms with E-state index < -0.39 is 0 Å². The lowest BCUT2D eigenvalue weighted by Gasteiger charge is -2.05. The lowest BCUT2D eigenvalue weighted by atomic mass is 10.2. The lowest BCUT2D eigenvalue weighted by molar-refractivity contribution is 0.0954. The second-order valence-corrected chi connectivity index (χ2v) is 4.75. The van der Waals surface area contributed by atoms with Crippen molar-refractivity contribution in [3.8, 4) is 0 Å². The highest BCUT2D eigenvalue weighted by Crippen LogP contribution is 2.10. The minimum absolute atomic E-state index is 0.0570. The topological polar surface area (TPSA) is 42.0 Å². The molecule has 3 nitrogen and oxygen atoms in total. The molecule has 0 spiro atoms. The van der Waals surface area contributed by atoms with Gasteiger partial charge in [0.05, 0.1) is 0 Å². The monoisotopic (exact) mass is 304 g/mol. The number of halogens is 1. The van der Waals surface area contributed by atoms with Gasteiger partial charge in [-0.05, 0) is 36.4 Å². The summed E-state index contributed by atoms with van der Waals surface area (Å²) in [6.07, 6.45) is 2.50. The molecular weight excluding hydrogens is 292 g/mol. The van der Waals surface area contributed by atoms with E-state index in [2.05, 4.69) is 26.2 Å². The number of carbonyl (C=O) groups excluding carboxylic acids is 1. The molecule has 2 rings (SSSR count). The molecule has 0 radical (unpaired) electrons. The molecule has 0 saturated carbocycles. The number of nitrogens with one attached hydrogen (secondary N) is 1. The van der Waals surface area contributed by atoms with E-state index in [0.29, 0.717) is 12.1 Å². The second kappa shape index (κ2) is 6.31. The van der Waals surface area contributed by atoms with Crippen LogP contribution < -0.4 is 5.32 Å². The third kappa shape index (κ3) is 3.67. The number of carbonyl (C=O) groups is 1. The average Bonchev–Trinajstić information content (AvgIpc) is 2.40. The molecule has 1 amide bonds. The normalized spacial score (nSPS) is 10.1. The summed E-state index contributed by atoms with van der Waals surface area (Å²) in [5.41, 5.74) is 1.65. The predicted octanol–water partition coefficient (Wildman–Crippen LogP) is 2.82. The summed E-state index contributed by atoms with van der Waals surface area (Å²) in [7, 11) is 0. The van der Waals surface area contributed by atoms with Crippen molar-refractivity contribution in [1.29, 1.82) is 0 Å². The Hall–Kier alpha value is -1.68. The Kier molecular flexibility index (Phi) is 4.47. The Balaban J connectivity index is 1.84. The van der Waals surface area contributed by atoms with Gasteiger partial charge in [0, 0.05) is 34.9 Å². The number of pyridine rings is 1. The van der Waals surface area contributed by atoms with Gasteiger partial charge in [0.1, 0.15) is 0 Å². The first kappa shape index (κ1) is 12.8. The first-order valence-corrected chi connectivity index (χ1v) is 6.49. The fourth-order valence-corrected chi connectivity index (χ4v) is 1.82. The molecule has 0 aliphatic carbocycles. The fourth-order valence-electron chi connectivity index (χ4n) is 1.55. The van der Waals surface area contributed by atoms with Gasteiger partial charge in [-0.1, -0.05) is 22.0 Å². The van der Waals surface area contributed by atoms with Crippen molar-refractivity contribution in [3.63, 3.8) is 0 Å². The zero-order valence-electron chi connectivity index (χ0n) is 9.77. The molecule has 0 atom stereocenters. The molecule has 0 bridgehead atoms. The second-order valence-electron chi connectivity index (χ2n) is 3.83. The summed E-state index contributed by atoms with van der Waals surface area (Å²) in [6.45, 7) is 0.589. The Morgan fingerprint density at radius 3 is 2.61 bits per heavy atom. The Labute approximate surface area is 114 Å². The lowest BCUT2D eigenvalue weighted by Crippen LogP contribution is -2.25. The van der Waals surface area contributed by atoms with Crippen molar-refractivity contribution < 1.29 is 4.79 Å². The zero-order chi connectivity index (χ0) is 12.8. The number of amides is 1. The molecule has 0 fully saturated rings. The van der Waals surface area contributed by atoms with Gasteiger partial charge in [0.2, 0.25) is 0 Å². The van der Waals surface area contributed by atoms with Crippen LogP contribution in [-0.2, 0) is 6.42 Å². The number of benzene rings is 1. The summed E-state index contributed by atoms with van der Waals surface area (Å²) in [4.78, 5) is 16.0. The summed E-state index contributed by atoms with van der Waals surface area (Å²) >= 11 is 3.34. The van der Waals surface area contributed by atoms with Crippen LogP contribution in [0.2, 0.25) is 0 Å². The van der Waals surface area contributed by atoms with Gasteiger partial charge in [-0.3, -0.25) is 9.78 Å². The molecule has 1 aromatic carbocycles. The Morgan fingerprint density at radius 2 is 1.94 bits per heavy atom. The molecule has 4 heteroatoms. The van der Waals surface area contributed by atoms with Gasteiger partial charge < -0.3 is 5.32 Å². The largest absolute Gasteiger partial charge is 0.352 e. The van der Waals surface area contributed by atoms with Crippen molar-refractivity contribution in [2.24, 2.45) is 0 Å². The number of hydrogen-bond donors (Lipinski definition) is 1. The third-order valence-electron chi connectivity index (χ3n) is 2.50. The number of hydrogen-bond acceptors (Lipinski definition) is 2. The molecule has 92 valence electrons. The standard InChI is InChI=1S/C14H13BrN2O/c15-12-6-4-11(5-7-12)14(18)17-10-8-13-3-1-2-9-16-13/h1-7,9H,8,10H2,(H,17,18). The van der Waals surface area contributed by atoms with Crippen LogP contribution in [0.3, 0.4) is 0 Å². The molecule has 0 saturated heterocycles. The van der Waals surface area contributed by atoms with E-state index in [1.807, 2.05) is 30.3 Å². The van der Waals surface area contributed by atoms with Crippen molar-refractivity contribution in [3.05, 3.63) is 64.4 Å². The van der Waals surface area contributed by atoms with E-state index in [1.165, 1.54) is 0 Å². The number of nitrogens with zero attached hydrogens (tertiary/aromatic N) is 1. The highest BCUT2D eigenvalue weighted by molar-refractivity contribution is 9.10. The molecule has 1 aromatic heterocycles. The van der Waals surface area contributed by atoms with E-state index in [-0.39, 0.29) is 5.91 Å². The van der Waals surface area contributed by atoms with Crippen LogP contribution in [0, 0.1) is 0 Å². The number of aromatic nitrogens is 1. The van der Waals surface area contributed by atoms with Crippen molar-refractivity contribution >= 4 is 21.8 Å². The van der Waals surface area contributed by atoms with Crippen molar-refractivity contribution in [1.82, 2.24) is 10.3 Å². The fraction of sp³-hybridized carbons (Fsp3) is 0.143. The SMILES string of the molecule is O=C(NCCc1ccccn1)c1ccc(Br)cc1. The van der Waals surface area contributed by atoms with E-state index in [9.17, 15) is 4.79 Å². The minimum atomic E-state index is -0.0570. The first-order valence-electron chi connectivity index (χ1n) is 5.69. The Morgan fingerprint density at radius 1 is 1.17 bits per heavy atom. The highest BCUT2D eigenvalue weighted by atomic mass is 79.9. The Bertz CT molecular complexity index is 511. The maximum absolute atomic E-state index is 11.8. The van der Waals surface area contributed by atoms with E-state index in [4.69, 9.17) is 0 Å². The molecule has 0 aliphatic rings. The third-order valence-corrected chi connectivity index (χ3v) is 3.03. The maximum Gasteiger partial charge on any atom is 0.251 e. The van der Waals surface area contributed by atoms with Gasteiger partial charge >= 0.3 is 0 Å². The predicted molar refractivity (Wildman–Crippen MR) is 74.4 cm³/mol. The molecule has 1 heterocycles.